The Bertz CT molecular complexity index is 582. The lowest BCUT2D eigenvalue weighted by Gasteiger charge is -2.24. The number of rotatable bonds is 4. The van der Waals surface area contributed by atoms with Gasteiger partial charge in [-0.3, -0.25) is 0 Å². The van der Waals surface area contributed by atoms with E-state index in [-0.39, 0.29) is 5.82 Å². The highest BCUT2D eigenvalue weighted by molar-refractivity contribution is 5.30. The molecular formula is C18H21FO. The molecule has 0 aliphatic heterocycles. The summed E-state index contributed by atoms with van der Waals surface area (Å²) in [6, 6.07) is 12.7. The fraction of sp³-hybridized carbons (Fsp3) is 0.333. The van der Waals surface area contributed by atoms with E-state index in [1.165, 1.54) is 23.3 Å². The van der Waals surface area contributed by atoms with Crippen molar-refractivity contribution in [1.82, 2.24) is 0 Å². The third-order valence-electron chi connectivity index (χ3n) is 3.34. The zero-order valence-electron chi connectivity index (χ0n) is 12.3. The molecular weight excluding hydrogens is 251 g/mol. The molecule has 1 nitrogen and oxygen atoms in total. The Morgan fingerprint density at radius 1 is 0.950 bits per heavy atom. The summed E-state index contributed by atoms with van der Waals surface area (Å²) in [6.45, 7) is 5.91. The number of halogens is 1. The van der Waals surface area contributed by atoms with Crippen molar-refractivity contribution in [2.45, 2.75) is 39.2 Å². The van der Waals surface area contributed by atoms with Crippen LogP contribution in [0.5, 0.6) is 0 Å². The predicted molar refractivity (Wildman–Crippen MR) is 80.3 cm³/mol. The van der Waals surface area contributed by atoms with Crippen LogP contribution in [0, 0.1) is 19.7 Å². The maximum atomic E-state index is 13.2. The van der Waals surface area contributed by atoms with E-state index in [0.717, 1.165) is 11.1 Å². The van der Waals surface area contributed by atoms with Gasteiger partial charge in [-0.05, 0) is 44.0 Å². The molecule has 0 aromatic heterocycles. The molecule has 0 radical (unpaired) electrons. The van der Waals surface area contributed by atoms with Crippen molar-refractivity contribution in [3.63, 3.8) is 0 Å². The topological polar surface area (TPSA) is 20.2 Å². The molecule has 0 aliphatic carbocycles. The van der Waals surface area contributed by atoms with E-state index in [2.05, 4.69) is 32.0 Å². The number of hydrogen-bond donors (Lipinski definition) is 1. The molecule has 0 heterocycles. The number of aliphatic hydroxyl groups is 1. The second-order valence-corrected chi connectivity index (χ2v) is 5.98. The molecule has 0 bridgehead atoms. The van der Waals surface area contributed by atoms with Crippen LogP contribution < -0.4 is 0 Å². The predicted octanol–water partition coefficient (Wildman–Crippen LogP) is 3.98. The highest BCUT2D eigenvalue weighted by atomic mass is 19.1. The van der Waals surface area contributed by atoms with Gasteiger partial charge in [0, 0.05) is 12.8 Å². The first-order valence-corrected chi connectivity index (χ1v) is 6.88. The Hall–Kier alpha value is -1.67. The van der Waals surface area contributed by atoms with Gasteiger partial charge in [0.05, 0.1) is 5.60 Å². The molecule has 0 spiro atoms. The van der Waals surface area contributed by atoms with Crippen LogP contribution >= 0.6 is 0 Å². The lowest BCUT2D eigenvalue weighted by Crippen LogP contribution is -2.30. The lowest BCUT2D eigenvalue weighted by atomic mass is 9.89. The number of aryl methyl sites for hydroxylation is 2. The normalized spacial score (nSPS) is 14.1. The van der Waals surface area contributed by atoms with Gasteiger partial charge in [0.2, 0.25) is 0 Å². The van der Waals surface area contributed by atoms with Crippen molar-refractivity contribution in [2.75, 3.05) is 0 Å². The van der Waals surface area contributed by atoms with Crippen molar-refractivity contribution in [1.29, 1.82) is 0 Å². The second-order valence-electron chi connectivity index (χ2n) is 5.98. The van der Waals surface area contributed by atoms with Crippen molar-refractivity contribution >= 4 is 0 Å². The van der Waals surface area contributed by atoms with Crippen LogP contribution in [0.3, 0.4) is 0 Å². The standard InChI is InChI=1S/C18H21FO/c1-13-7-14(2)9-16(8-13)12-18(3,20)11-15-5-4-6-17(19)10-15/h4-10,20H,11-12H2,1-3H3. The monoisotopic (exact) mass is 272 g/mol. The van der Waals surface area contributed by atoms with E-state index in [1.807, 2.05) is 6.07 Å². The number of benzene rings is 2. The van der Waals surface area contributed by atoms with Gasteiger partial charge in [-0.1, -0.05) is 41.5 Å². The van der Waals surface area contributed by atoms with E-state index < -0.39 is 5.60 Å². The van der Waals surface area contributed by atoms with Crippen LogP contribution in [0.2, 0.25) is 0 Å². The van der Waals surface area contributed by atoms with Gasteiger partial charge >= 0.3 is 0 Å². The Balaban J connectivity index is 2.14. The van der Waals surface area contributed by atoms with Crippen molar-refractivity contribution in [3.05, 3.63) is 70.5 Å². The third-order valence-corrected chi connectivity index (χ3v) is 3.34. The molecule has 2 heteroatoms. The molecule has 2 aromatic rings. The summed E-state index contributed by atoms with van der Waals surface area (Å²) in [4.78, 5) is 0. The van der Waals surface area contributed by atoms with E-state index in [1.54, 1.807) is 13.0 Å². The van der Waals surface area contributed by atoms with E-state index in [9.17, 15) is 9.50 Å². The van der Waals surface area contributed by atoms with Crippen LogP contribution in [-0.4, -0.2) is 10.7 Å². The Kier molecular flexibility index (Phi) is 4.24. The summed E-state index contributed by atoms with van der Waals surface area (Å²) in [5.74, 6) is -0.260. The molecule has 0 aliphatic rings. The van der Waals surface area contributed by atoms with Gasteiger partial charge in [-0.2, -0.15) is 0 Å². The Morgan fingerprint density at radius 2 is 1.55 bits per heavy atom. The fourth-order valence-electron chi connectivity index (χ4n) is 2.76. The van der Waals surface area contributed by atoms with Crippen LogP contribution in [0.4, 0.5) is 4.39 Å². The first-order chi connectivity index (χ1) is 9.34. The summed E-state index contributed by atoms with van der Waals surface area (Å²) in [5.41, 5.74) is 3.44. The fourth-order valence-corrected chi connectivity index (χ4v) is 2.76. The highest BCUT2D eigenvalue weighted by Gasteiger charge is 2.22. The third kappa shape index (κ3) is 4.17. The molecule has 2 rings (SSSR count). The first kappa shape index (κ1) is 14.7. The molecule has 1 N–H and O–H groups in total. The summed E-state index contributed by atoms with van der Waals surface area (Å²) < 4.78 is 13.2. The van der Waals surface area contributed by atoms with Crippen LogP contribution in [0.15, 0.2) is 42.5 Å². The first-order valence-electron chi connectivity index (χ1n) is 6.88. The minimum absolute atomic E-state index is 0.260. The van der Waals surface area contributed by atoms with Crippen molar-refractivity contribution in [2.24, 2.45) is 0 Å². The zero-order valence-corrected chi connectivity index (χ0v) is 12.3. The van der Waals surface area contributed by atoms with Crippen LogP contribution in [0.25, 0.3) is 0 Å². The van der Waals surface area contributed by atoms with Gasteiger partial charge in [-0.25, -0.2) is 4.39 Å². The lowest BCUT2D eigenvalue weighted by molar-refractivity contribution is 0.0608. The van der Waals surface area contributed by atoms with E-state index >= 15 is 0 Å². The van der Waals surface area contributed by atoms with Gasteiger partial charge in [-0.15, -0.1) is 0 Å². The summed E-state index contributed by atoms with van der Waals surface area (Å²) >= 11 is 0. The number of hydrogen-bond acceptors (Lipinski definition) is 1. The quantitative estimate of drug-likeness (QED) is 0.892. The zero-order chi connectivity index (χ0) is 14.8. The minimum atomic E-state index is -0.881. The van der Waals surface area contributed by atoms with Gasteiger partial charge in [0.1, 0.15) is 5.82 Å². The van der Waals surface area contributed by atoms with Crippen molar-refractivity contribution < 1.29 is 9.50 Å². The van der Waals surface area contributed by atoms with E-state index in [0.29, 0.717) is 12.8 Å². The Labute approximate surface area is 120 Å². The molecule has 0 amide bonds. The molecule has 1 unspecified atom stereocenters. The molecule has 0 saturated heterocycles. The summed E-state index contributed by atoms with van der Waals surface area (Å²) in [6.07, 6.45) is 1.00. The molecule has 0 fully saturated rings. The Morgan fingerprint density at radius 3 is 2.15 bits per heavy atom. The molecule has 106 valence electrons. The smallest absolute Gasteiger partial charge is 0.123 e. The SMILES string of the molecule is Cc1cc(C)cc(CC(C)(O)Cc2cccc(F)c2)c1. The molecule has 0 saturated carbocycles. The maximum Gasteiger partial charge on any atom is 0.123 e. The largest absolute Gasteiger partial charge is 0.389 e. The second kappa shape index (κ2) is 5.76. The molecule has 1 atom stereocenters. The van der Waals surface area contributed by atoms with E-state index in [4.69, 9.17) is 0 Å². The summed E-state index contributed by atoms with van der Waals surface area (Å²) in [5, 5.41) is 10.6. The molecule has 20 heavy (non-hydrogen) atoms. The highest BCUT2D eigenvalue weighted by Crippen LogP contribution is 2.21. The average molecular weight is 272 g/mol. The van der Waals surface area contributed by atoms with Crippen molar-refractivity contribution in [3.8, 4) is 0 Å². The van der Waals surface area contributed by atoms with Gasteiger partial charge in [0.15, 0.2) is 0 Å². The average Bonchev–Trinajstić information content (AvgIpc) is 2.25. The molecule has 2 aromatic carbocycles. The summed E-state index contributed by atoms with van der Waals surface area (Å²) in [7, 11) is 0. The van der Waals surface area contributed by atoms with Gasteiger partial charge < -0.3 is 5.11 Å². The van der Waals surface area contributed by atoms with Crippen LogP contribution in [-0.2, 0) is 12.8 Å². The maximum absolute atomic E-state index is 13.2. The minimum Gasteiger partial charge on any atom is -0.389 e. The van der Waals surface area contributed by atoms with Gasteiger partial charge in [0.25, 0.3) is 0 Å². The van der Waals surface area contributed by atoms with Crippen LogP contribution in [0.1, 0.15) is 29.2 Å².